The molecule has 1 aliphatic heterocycles. The third-order valence-electron chi connectivity index (χ3n) is 6.09. The molecule has 0 bridgehead atoms. The van der Waals surface area contributed by atoms with Crippen LogP contribution < -0.4 is 10.1 Å². The summed E-state index contributed by atoms with van der Waals surface area (Å²) in [7, 11) is 0. The molecule has 7 nitrogen and oxygen atoms in total. The highest BCUT2D eigenvalue weighted by molar-refractivity contribution is 5.98. The summed E-state index contributed by atoms with van der Waals surface area (Å²) in [5, 5.41) is 7.54. The van der Waals surface area contributed by atoms with Crippen LogP contribution in [0.3, 0.4) is 0 Å². The maximum absolute atomic E-state index is 13.0. The number of para-hydroxylation sites is 1. The van der Waals surface area contributed by atoms with Gasteiger partial charge in [-0.3, -0.25) is 9.59 Å². The molecular formula is C29H28N4O3. The monoisotopic (exact) mass is 480 g/mol. The van der Waals surface area contributed by atoms with Crippen molar-refractivity contribution in [2.45, 2.75) is 45.4 Å². The third kappa shape index (κ3) is 5.05. The molecule has 7 heteroatoms. The molecule has 0 unspecified atom stereocenters. The molecule has 1 amide bonds. The van der Waals surface area contributed by atoms with E-state index in [1.807, 2.05) is 65.3 Å². The standard InChI is InChI=1S/C29H28N4O3/c1-29(2,3)26-17-21(33(32-26)20-7-5-4-6-8-20)16-22(34)15-19-9-11-23(12-10-19)36-25-13-14-30-28-24(25)18-27(35)31-28/h4-14,17H,15-16,18H2,1-3H3,(H,30,31,35). The van der Waals surface area contributed by atoms with Gasteiger partial charge < -0.3 is 10.1 Å². The van der Waals surface area contributed by atoms with Crippen LogP contribution in [0.15, 0.2) is 72.9 Å². The van der Waals surface area contributed by atoms with Crippen LogP contribution in [0, 0.1) is 0 Å². The zero-order chi connectivity index (χ0) is 25.3. The summed E-state index contributed by atoms with van der Waals surface area (Å²) in [5.74, 6) is 1.80. The fourth-order valence-corrected chi connectivity index (χ4v) is 4.19. The van der Waals surface area contributed by atoms with Gasteiger partial charge in [0.25, 0.3) is 0 Å². The lowest BCUT2D eigenvalue weighted by Crippen LogP contribution is -2.13. The van der Waals surface area contributed by atoms with E-state index in [2.05, 4.69) is 31.1 Å². The normalized spacial score (nSPS) is 12.8. The Kier molecular flexibility index (Phi) is 6.14. The lowest BCUT2D eigenvalue weighted by atomic mass is 9.92. The average Bonchev–Trinajstić information content (AvgIpc) is 3.44. The number of ketones is 1. The van der Waals surface area contributed by atoms with Gasteiger partial charge in [0.15, 0.2) is 0 Å². The smallest absolute Gasteiger partial charge is 0.230 e. The molecule has 2 aromatic carbocycles. The first-order valence-electron chi connectivity index (χ1n) is 12.0. The van der Waals surface area contributed by atoms with E-state index in [1.165, 1.54) is 0 Å². The largest absolute Gasteiger partial charge is 0.457 e. The molecule has 36 heavy (non-hydrogen) atoms. The van der Waals surface area contributed by atoms with Crippen molar-refractivity contribution in [1.29, 1.82) is 0 Å². The Hall–Kier alpha value is -4.26. The Balaban J connectivity index is 1.28. The highest BCUT2D eigenvalue weighted by atomic mass is 16.5. The van der Waals surface area contributed by atoms with E-state index in [1.54, 1.807) is 12.3 Å². The van der Waals surface area contributed by atoms with Crippen molar-refractivity contribution in [3.05, 3.63) is 95.4 Å². The number of carbonyl (C=O) groups excluding carboxylic acids is 2. The van der Waals surface area contributed by atoms with E-state index in [0.29, 0.717) is 30.2 Å². The number of Topliss-reactive ketones (excluding diaryl/α,β-unsaturated/α-hetero) is 1. The van der Waals surface area contributed by atoms with Gasteiger partial charge in [-0.1, -0.05) is 51.1 Å². The van der Waals surface area contributed by atoms with Crippen LogP contribution in [0.1, 0.15) is 43.3 Å². The SMILES string of the molecule is CC(C)(C)c1cc(CC(=O)Cc2ccc(Oc3ccnc4c3CC(=O)N4)cc2)n(-c2ccccc2)n1. The van der Waals surface area contributed by atoms with Crippen LogP contribution in [-0.4, -0.2) is 26.5 Å². The molecule has 182 valence electrons. The lowest BCUT2D eigenvalue weighted by molar-refractivity contribution is -0.118. The number of ether oxygens (including phenoxy) is 1. The summed E-state index contributed by atoms with van der Waals surface area (Å²) in [4.78, 5) is 28.9. The number of pyridine rings is 1. The Morgan fingerprint density at radius 3 is 2.50 bits per heavy atom. The fraction of sp³-hybridized carbons (Fsp3) is 0.241. The minimum Gasteiger partial charge on any atom is -0.457 e. The first-order chi connectivity index (χ1) is 17.3. The fourth-order valence-electron chi connectivity index (χ4n) is 4.19. The number of hydrogen-bond acceptors (Lipinski definition) is 5. The summed E-state index contributed by atoms with van der Waals surface area (Å²) in [6.07, 6.45) is 2.47. The van der Waals surface area contributed by atoms with Gasteiger partial charge in [0.1, 0.15) is 23.1 Å². The number of nitrogens with zero attached hydrogens (tertiary/aromatic N) is 3. The Bertz CT molecular complexity index is 1420. The van der Waals surface area contributed by atoms with Crippen LogP contribution in [0.4, 0.5) is 5.82 Å². The number of nitrogens with one attached hydrogen (secondary N) is 1. The van der Waals surface area contributed by atoms with Gasteiger partial charge >= 0.3 is 0 Å². The van der Waals surface area contributed by atoms with Gasteiger partial charge in [-0.2, -0.15) is 5.10 Å². The topological polar surface area (TPSA) is 86.1 Å². The summed E-state index contributed by atoms with van der Waals surface area (Å²) in [6, 6.07) is 21.2. The maximum atomic E-state index is 13.0. The molecule has 2 aromatic heterocycles. The van der Waals surface area contributed by atoms with Crippen molar-refractivity contribution in [3.63, 3.8) is 0 Å². The number of hydrogen-bond donors (Lipinski definition) is 1. The third-order valence-corrected chi connectivity index (χ3v) is 6.09. The second-order valence-electron chi connectivity index (χ2n) is 10.0. The lowest BCUT2D eigenvalue weighted by Gasteiger charge is -2.14. The molecule has 0 atom stereocenters. The number of amides is 1. The number of benzene rings is 2. The second-order valence-corrected chi connectivity index (χ2v) is 10.0. The van der Waals surface area contributed by atoms with Crippen LogP contribution in [-0.2, 0) is 34.3 Å². The van der Waals surface area contributed by atoms with Gasteiger partial charge in [-0.05, 0) is 42.0 Å². The van der Waals surface area contributed by atoms with E-state index < -0.39 is 0 Å². The highest BCUT2D eigenvalue weighted by Gasteiger charge is 2.24. The molecule has 1 N–H and O–H groups in total. The summed E-state index contributed by atoms with van der Waals surface area (Å²) in [5.41, 5.74) is 4.32. The molecule has 4 aromatic rings. The quantitative estimate of drug-likeness (QED) is 0.393. The zero-order valence-corrected chi connectivity index (χ0v) is 20.6. The van der Waals surface area contributed by atoms with Crippen LogP contribution >= 0.6 is 0 Å². The molecule has 0 fully saturated rings. The Morgan fingerprint density at radius 1 is 1.03 bits per heavy atom. The predicted octanol–water partition coefficient (Wildman–Crippen LogP) is 5.21. The van der Waals surface area contributed by atoms with Crippen molar-refractivity contribution in [2.24, 2.45) is 0 Å². The molecule has 0 spiro atoms. The van der Waals surface area contributed by atoms with Crippen molar-refractivity contribution in [1.82, 2.24) is 14.8 Å². The van der Waals surface area contributed by atoms with Gasteiger partial charge in [0.2, 0.25) is 5.91 Å². The number of aromatic nitrogens is 3. The van der Waals surface area contributed by atoms with Crippen LogP contribution in [0.2, 0.25) is 0 Å². The van der Waals surface area contributed by atoms with E-state index in [9.17, 15) is 9.59 Å². The van der Waals surface area contributed by atoms with E-state index in [4.69, 9.17) is 9.84 Å². The summed E-state index contributed by atoms with van der Waals surface area (Å²) >= 11 is 0. The molecule has 0 aliphatic carbocycles. The zero-order valence-electron chi connectivity index (χ0n) is 20.6. The Morgan fingerprint density at radius 2 is 1.78 bits per heavy atom. The van der Waals surface area contributed by atoms with Crippen LogP contribution in [0.25, 0.3) is 5.69 Å². The van der Waals surface area contributed by atoms with Crippen molar-refractivity contribution < 1.29 is 14.3 Å². The van der Waals surface area contributed by atoms with Gasteiger partial charge in [0.05, 0.1) is 23.5 Å². The number of rotatable bonds is 7. The molecule has 0 saturated carbocycles. The maximum Gasteiger partial charge on any atom is 0.230 e. The molecule has 1 aliphatic rings. The number of fused-ring (bicyclic) bond motifs is 1. The average molecular weight is 481 g/mol. The molecular weight excluding hydrogens is 452 g/mol. The highest BCUT2D eigenvalue weighted by Crippen LogP contribution is 2.33. The summed E-state index contributed by atoms with van der Waals surface area (Å²) < 4.78 is 7.87. The number of anilines is 1. The van der Waals surface area contributed by atoms with E-state index >= 15 is 0 Å². The first-order valence-corrected chi connectivity index (χ1v) is 12.0. The minimum atomic E-state index is -0.119. The van der Waals surface area contributed by atoms with Gasteiger partial charge in [0, 0.05) is 30.0 Å². The van der Waals surface area contributed by atoms with Crippen molar-refractivity contribution >= 4 is 17.5 Å². The van der Waals surface area contributed by atoms with Crippen LogP contribution in [0.5, 0.6) is 11.5 Å². The molecule has 0 radical (unpaired) electrons. The molecule has 0 saturated heterocycles. The summed E-state index contributed by atoms with van der Waals surface area (Å²) in [6.45, 7) is 6.36. The number of carbonyl (C=O) groups is 2. The Labute approximate surface area is 210 Å². The van der Waals surface area contributed by atoms with E-state index in [-0.39, 0.29) is 23.5 Å². The predicted molar refractivity (Wildman–Crippen MR) is 138 cm³/mol. The van der Waals surface area contributed by atoms with Crippen molar-refractivity contribution in [2.75, 3.05) is 5.32 Å². The van der Waals surface area contributed by atoms with Gasteiger partial charge in [-0.15, -0.1) is 0 Å². The molecule has 5 rings (SSSR count). The second kappa shape index (κ2) is 9.41. The molecule has 3 heterocycles. The first kappa shape index (κ1) is 23.5. The van der Waals surface area contributed by atoms with Crippen molar-refractivity contribution in [3.8, 4) is 17.2 Å². The van der Waals surface area contributed by atoms with Gasteiger partial charge in [-0.25, -0.2) is 9.67 Å². The van der Waals surface area contributed by atoms with E-state index in [0.717, 1.165) is 28.2 Å². The minimum absolute atomic E-state index is 0.0920.